The van der Waals surface area contributed by atoms with E-state index >= 15 is 0 Å². The average Bonchev–Trinajstić information content (AvgIpc) is 3.35. The Kier molecular flexibility index (Phi) is 10.5. The number of hydrogen-bond acceptors (Lipinski definition) is 9. The van der Waals surface area contributed by atoms with E-state index in [1.54, 1.807) is 12.1 Å². The lowest BCUT2D eigenvalue weighted by molar-refractivity contribution is -0.143. The van der Waals surface area contributed by atoms with Crippen LogP contribution in [0.1, 0.15) is 17.7 Å². The fraction of sp³-hybridized carbons (Fsp3) is 0.364. The highest BCUT2D eigenvalue weighted by molar-refractivity contribution is 5.96. The van der Waals surface area contributed by atoms with E-state index in [1.807, 2.05) is 5.32 Å². The van der Waals surface area contributed by atoms with Gasteiger partial charge in [0.15, 0.2) is 0 Å². The Hall–Kier alpha value is -4.50. The van der Waals surface area contributed by atoms with Gasteiger partial charge in [-0.1, -0.05) is 12.1 Å². The van der Waals surface area contributed by atoms with Gasteiger partial charge in [-0.05, 0) is 24.1 Å². The van der Waals surface area contributed by atoms with Gasteiger partial charge in [0, 0.05) is 18.3 Å². The van der Waals surface area contributed by atoms with Crippen molar-refractivity contribution in [2.75, 3.05) is 6.61 Å². The van der Waals surface area contributed by atoms with Crippen molar-refractivity contribution in [3.63, 3.8) is 0 Å². The Morgan fingerprint density at radius 3 is 2.05 bits per heavy atom. The van der Waals surface area contributed by atoms with E-state index in [1.165, 1.54) is 24.7 Å². The van der Waals surface area contributed by atoms with Gasteiger partial charge < -0.3 is 47.7 Å². The van der Waals surface area contributed by atoms with Crippen molar-refractivity contribution in [1.82, 2.24) is 25.9 Å². The predicted octanol–water partition coefficient (Wildman–Crippen LogP) is -3.37. The van der Waals surface area contributed by atoms with Gasteiger partial charge in [0.25, 0.3) is 0 Å². The molecule has 0 aliphatic heterocycles. The van der Waals surface area contributed by atoms with Gasteiger partial charge in [-0.15, -0.1) is 0 Å². The highest BCUT2D eigenvalue weighted by Crippen LogP contribution is 2.11. The third kappa shape index (κ3) is 9.23. The number of aliphatic hydroxyl groups is 1. The quantitative estimate of drug-likeness (QED) is 0.120. The van der Waals surface area contributed by atoms with Gasteiger partial charge in [0.2, 0.25) is 23.6 Å². The summed E-state index contributed by atoms with van der Waals surface area (Å²) in [6.45, 7) is -0.935. The number of carboxylic acid groups (broad SMARTS) is 1. The van der Waals surface area contributed by atoms with E-state index in [2.05, 4.69) is 20.6 Å². The van der Waals surface area contributed by atoms with Crippen molar-refractivity contribution in [2.24, 2.45) is 11.5 Å². The molecule has 2 aromatic rings. The van der Waals surface area contributed by atoms with Crippen LogP contribution in [0.3, 0.4) is 0 Å². The molecular formula is C22H29N7O8. The van der Waals surface area contributed by atoms with Crippen LogP contribution in [-0.2, 0) is 36.8 Å². The number of aliphatic carboxylic acids is 1. The number of nitrogens with one attached hydrogen (secondary N) is 4. The summed E-state index contributed by atoms with van der Waals surface area (Å²) in [6.07, 6.45) is 2.08. The number of carbonyl (C=O) groups is 5. The monoisotopic (exact) mass is 519 g/mol. The summed E-state index contributed by atoms with van der Waals surface area (Å²) < 4.78 is 0. The van der Waals surface area contributed by atoms with Crippen LogP contribution in [0.25, 0.3) is 0 Å². The molecule has 15 nitrogen and oxygen atoms in total. The van der Waals surface area contributed by atoms with Gasteiger partial charge in [-0.3, -0.25) is 19.2 Å². The number of primary amides is 1. The SMILES string of the molecule is NC(=O)CC(NC(=O)C(Cc1cnc[nH]1)NC(=O)C(N)Cc1ccc(O)cc1)C(=O)NC(CO)C(=O)O. The minimum absolute atomic E-state index is 0.0429. The Labute approximate surface area is 210 Å². The number of amides is 4. The number of nitrogens with two attached hydrogens (primary N) is 2. The van der Waals surface area contributed by atoms with Gasteiger partial charge in [0.05, 0.1) is 25.4 Å². The highest BCUT2D eigenvalue weighted by atomic mass is 16.4. The van der Waals surface area contributed by atoms with Gasteiger partial charge >= 0.3 is 5.97 Å². The Bertz CT molecular complexity index is 1090. The minimum Gasteiger partial charge on any atom is -0.508 e. The molecule has 0 radical (unpaired) electrons. The smallest absolute Gasteiger partial charge is 0.328 e. The number of aromatic hydroxyl groups is 1. The summed E-state index contributed by atoms with van der Waals surface area (Å²) >= 11 is 0. The molecule has 0 saturated heterocycles. The van der Waals surface area contributed by atoms with Crippen LogP contribution >= 0.6 is 0 Å². The molecule has 11 N–H and O–H groups in total. The maximum Gasteiger partial charge on any atom is 0.328 e. The molecule has 1 heterocycles. The topological polar surface area (TPSA) is 263 Å². The van der Waals surface area contributed by atoms with Gasteiger partial charge in [-0.2, -0.15) is 0 Å². The molecule has 0 bridgehead atoms. The lowest BCUT2D eigenvalue weighted by atomic mass is 10.0. The number of carboxylic acids is 1. The van der Waals surface area contributed by atoms with E-state index in [9.17, 15) is 29.1 Å². The lowest BCUT2D eigenvalue weighted by Gasteiger charge is -2.24. The van der Waals surface area contributed by atoms with Crippen molar-refractivity contribution >= 4 is 29.6 Å². The molecule has 0 fully saturated rings. The zero-order valence-electron chi connectivity index (χ0n) is 19.6. The molecule has 4 amide bonds. The van der Waals surface area contributed by atoms with Crippen LogP contribution in [0.4, 0.5) is 0 Å². The molecule has 0 saturated carbocycles. The summed E-state index contributed by atoms with van der Waals surface area (Å²) in [4.78, 5) is 67.6. The first-order chi connectivity index (χ1) is 17.5. The molecule has 2 rings (SSSR count). The van der Waals surface area contributed by atoms with Crippen LogP contribution in [0.2, 0.25) is 0 Å². The number of phenols is 1. The van der Waals surface area contributed by atoms with Crippen molar-refractivity contribution in [2.45, 2.75) is 43.4 Å². The second-order valence-electron chi connectivity index (χ2n) is 8.13. The Morgan fingerprint density at radius 1 is 0.919 bits per heavy atom. The van der Waals surface area contributed by atoms with E-state index in [-0.39, 0.29) is 18.6 Å². The highest BCUT2D eigenvalue weighted by Gasteiger charge is 2.31. The number of aliphatic hydroxyl groups excluding tert-OH is 1. The van der Waals surface area contributed by atoms with Crippen LogP contribution in [0.5, 0.6) is 5.75 Å². The first kappa shape index (κ1) is 28.7. The van der Waals surface area contributed by atoms with Gasteiger partial charge in [0.1, 0.15) is 23.9 Å². The molecule has 1 aromatic carbocycles. The summed E-state index contributed by atoms with van der Waals surface area (Å²) in [5.41, 5.74) is 12.3. The standard InChI is InChI=1S/C22H29N7O8/c23-14(5-11-1-3-13(31)4-2-11)19(33)27-15(6-12-8-25-10-26-12)20(34)28-16(7-18(24)32)21(35)29-17(9-30)22(36)37/h1-4,8,10,14-17,30-31H,5-7,9,23H2,(H2,24,32)(H,25,26)(H,27,33)(H,28,34)(H,29,35)(H,36,37). The van der Waals surface area contributed by atoms with Crippen LogP contribution in [0.15, 0.2) is 36.8 Å². The molecular weight excluding hydrogens is 490 g/mol. The predicted molar refractivity (Wildman–Crippen MR) is 126 cm³/mol. The number of hydrogen-bond donors (Lipinski definition) is 9. The van der Waals surface area contributed by atoms with Crippen LogP contribution < -0.4 is 27.4 Å². The number of carbonyl (C=O) groups excluding carboxylic acids is 4. The maximum atomic E-state index is 13.1. The largest absolute Gasteiger partial charge is 0.508 e. The normalized spacial score (nSPS) is 14.0. The van der Waals surface area contributed by atoms with Crippen LogP contribution in [0, 0.1) is 0 Å². The van der Waals surface area contributed by atoms with E-state index in [0.717, 1.165) is 0 Å². The van der Waals surface area contributed by atoms with Crippen molar-refractivity contribution in [3.8, 4) is 5.75 Å². The summed E-state index contributed by atoms with van der Waals surface area (Å²) in [5, 5.41) is 34.4. The molecule has 37 heavy (non-hydrogen) atoms. The molecule has 4 unspecified atom stereocenters. The fourth-order valence-electron chi connectivity index (χ4n) is 3.22. The number of nitrogens with zero attached hydrogens (tertiary/aromatic N) is 1. The summed E-state index contributed by atoms with van der Waals surface area (Å²) in [5.74, 6) is -5.13. The fourth-order valence-corrected chi connectivity index (χ4v) is 3.22. The van der Waals surface area contributed by atoms with E-state index in [0.29, 0.717) is 11.3 Å². The zero-order chi connectivity index (χ0) is 27.5. The summed E-state index contributed by atoms with van der Waals surface area (Å²) in [6, 6.07) is 0.404. The third-order valence-corrected chi connectivity index (χ3v) is 5.18. The van der Waals surface area contributed by atoms with Crippen LogP contribution in [-0.4, -0.2) is 85.7 Å². The number of H-pyrrole nitrogens is 1. The first-order valence-corrected chi connectivity index (χ1v) is 11.0. The molecule has 0 aliphatic carbocycles. The molecule has 15 heteroatoms. The number of aromatic nitrogens is 2. The van der Waals surface area contributed by atoms with Crippen molar-refractivity contribution in [1.29, 1.82) is 0 Å². The molecule has 1 aromatic heterocycles. The second-order valence-corrected chi connectivity index (χ2v) is 8.13. The van der Waals surface area contributed by atoms with E-state index in [4.69, 9.17) is 21.7 Å². The van der Waals surface area contributed by atoms with Crippen molar-refractivity contribution in [3.05, 3.63) is 48.0 Å². The molecule has 0 spiro atoms. The van der Waals surface area contributed by atoms with Gasteiger partial charge in [-0.25, -0.2) is 9.78 Å². The molecule has 4 atom stereocenters. The first-order valence-electron chi connectivity index (χ1n) is 11.0. The third-order valence-electron chi connectivity index (χ3n) is 5.18. The zero-order valence-corrected chi connectivity index (χ0v) is 19.6. The maximum absolute atomic E-state index is 13.1. The summed E-state index contributed by atoms with van der Waals surface area (Å²) in [7, 11) is 0. The molecule has 200 valence electrons. The average molecular weight is 520 g/mol. The number of imidazole rings is 1. The Morgan fingerprint density at radius 2 is 1.51 bits per heavy atom. The number of rotatable bonds is 14. The second kappa shape index (κ2) is 13.6. The Balaban J connectivity index is 2.16. The van der Waals surface area contributed by atoms with Crippen molar-refractivity contribution < 1.29 is 39.3 Å². The number of phenolic OH excluding ortho intramolecular Hbond substituents is 1. The number of benzene rings is 1. The molecule has 0 aliphatic rings. The lowest BCUT2D eigenvalue weighted by Crippen LogP contribution is -2.58. The van der Waals surface area contributed by atoms with E-state index < -0.39 is 66.8 Å². The number of aromatic amines is 1. The minimum atomic E-state index is -1.68.